The van der Waals surface area contributed by atoms with Crippen LogP contribution >= 0.6 is 11.6 Å². The van der Waals surface area contributed by atoms with Crippen molar-refractivity contribution in [1.29, 1.82) is 0 Å². The van der Waals surface area contributed by atoms with E-state index in [0.29, 0.717) is 30.5 Å². The van der Waals surface area contributed by atoms with Gasteiger partial charge in [0.15, 0.2) is 14.0 Å². The molecule has 0 bridgehead atoms. The first-order valence-corrected chi connectivity index (χ1v) is 19.4. The van der Waals surface area contributed by atoms with Gasteiger partial charge in [-0.3, -0.25) is 0 Å². The van der Waals surface area contributed by atoms with E-state index < -0.39 is 20.0 Å². The number of carbonyl (C=O) groups excluding carboxylic acids is 1. The van der Waals surface area contributed by atoms with Gasteiger partial charge in [0.05, 0.1) is 37.8 Å². The molecule has 12 heteroatoms. The summed E-state index contributed by atoms with van der Waals surface area (Å²) in [5, 5.41) is 5.22. The fraction of sp³-hybridized carbons (Fsp3) is 0.618. The van der Waals surface area contributed by atoms with Crippen molar-refractivity contribution >= 4 is 37.5 Å². The van der Waals surface area contributed by atoms with Crippen LogP contribution in [0.4, 0.5) is 10.6 Å². The molecule has 1 aliphatic rings. The van der Waals surface area contributed by atoms with Crippen molar-refractivity contribution in [2.45, 2.75) is 91.1 Å². The molecular weight excluding hydrogens is 622 g/mol. The standard InChI is InChI=1S/C34H52ClN5O5Si/c1-23(2)28-20-36-40-30(39-12-14-42-15-13-39)19-29(37-31(28)40)24-16-25(35)18-26(17-24)43-22-27(45-46(10,11)34(6,7)8)21-38(9)32(41)44-33(3,4)5/h16-20,23,27H,12-15,21-22H2,1-11H3. The number of anilines is 1. The van der Waals surface area contributed by atoms with Gasteiger partial charge in [0.25, 0.3) is 0 Å². The highest BCUT2D eigenvalue weighted by Gasteiger charge is 2.40. The average Bonchev–Trinajstić information content (AvgIpc) is 3.38. The van der Waals surface area contributed by atoms with Gasteiger partial charge in [-0.25, -0.2) is 9.78 Å². The van der Waals surface area contributed by atoms with Crippen molar-refractivity contribution in [3.63, 3.8) is 0 Å². The van der Waals surface area contributed by atoms with Gasteiger partial charge in [-0.1, -0.05) is 46.2 Å². The maximum atomic E-state index is 12.8. The number of fused-ring (bicyclic) bond motifs is 1. The van der Waals surface area contributed by atoms with E-state index in [1.165, 1.54) is 0 Å². The van der Waals surface area contributed by atoms with Crippen molar-refractivity contribution in [2.24, 2.45) is 0 Å². The lowest BCUT2D eigenvalue weighted by Crippen LogP contribution is -2.49. The van der Waals surface area contributed by atoms with Gasteiger partial charge in [0.1, 0.15) is 23.8 Å². The number of carbonyl (C=O) groups is 1. The Balaban J connectivity index is 1.65. The van der Waals surface area contributed by atoms with Crippen LogP contribution in [-0.2, 0) is 13.9 Å². The largest absolute Gasteiger partial charge is 0.491 e. The van der Waals surface area contributed by atoms with Crippen LogP contribution in [0.25, 0.3) is 16.9 Å². The molecular formula is C34H52ClN5O5Si. The predicted molar refractivity (Wildman–Crippen MR) is 187 cm³/mol. The van der Waals surface area contributed by atoms with E-state index in [-0.39, 0.29) is 23.7 Å². The number of halogens is 1. The van der Waals surface area contributed by atoms with Crippen LogP contribution in [0.3, 0.4) is 0 Å². The third-order valence-electron chi connectivity index (χ3n) is 8.49. The third-order valence-corrected chi connectivity index (χ3v) is 13.2. The Morgan fingerprint density at radius 2 is 1.76 bits per heavy atom. The molecule has 0 aliphatic carbocycles. The van der Waals surface area contributed by atoms with Gasteiger partial charge >= 0.3 is 6.09 Å². The molecule has 1 fully saturated rings. The molecule has 1 saturated heterocycles. The summed E-state index contributed by atoms with van der Waals surface area (Å²) in [7, 11) is -0.477. The number of nitrogens with zero attached hydrogens (tertiary/aromatic N) is 5. The zero-order valence-corrected chi connectivity index (χ0v) is 31.2. The SMILES string of the molecule is CC(C)c1cnn2c(N3CCOCC3)cc(-c3cc(Cl)cc(OCC(CN(C)C(=O)OC(C)(C)C)O[Si](C)(C)C(C)(C)C)c3)nc12. The van der Waals surface area contributed by atoms with Gasteiger partial charge in [0.2, 0.25) is 0 Å². The summed E-state index contributed by atoms with van der Waals surface area (Å²) in [4.78, 5) is 21.7. The van der Waals surface area contributed by atoms with Crippen molar-refractivity contribution in [3.8, 4) is 17.0 Å². The van der Waals surface area contributed by atoms with Crippen LogP contribution in [0, 0.1) is 0 Å². The highest BCUT2D eigenvalue weighted by Crippen LogP contribution is 2.38. The molecule has 1 atom stereocenters. The zero-order valence-electron chi connectivity index (χ0n) is 29.4. The molecule has 3 aromatic rings. The summed E-state index contributed by atoms with van der Waals surface area (Å²) in [5.41, 5.74) is 2.92. The molecule has 46 heavy (non-hydrogen) atoms. The Morgan fingerprint density at radius 3 is 2.37 bits per heavy atom. The summed E-state index contributed by atoms with van der Waals surface area (Å²) in [6, 6.07) is 7.72. The van der Waals surface area contributed by atoms with Gasteiger partial charge in [-0.2, -0.15) is 9.61 Å². The van der Waals surface area contributed by atoms with Crippen molar-refractivity contribution in [1.82, 2.24) is 19.5 Å². The molecule has 1 unspecified atom stereocenters. The van der Waals surface area contributed by atoms with E-state index in [1.54, 1.807) is 18.0 Å². The monoisotopic (exact) mass is 673 g/mol. The number of ether oxygens (including phenoxy) is 3. The molecule has 1 aliphatic heterocycles. The molecule has 254 valence electrons. The summed E-state index contributed by atoms with van der Waals surface area (Å²) in [6.07, 6.45) is 1.12. The number of rotatable bonds is 10. The highest BCUT2D eigenvalue weighted by molar-refractivity contribution is 6.74. The van der Waals surface area contributed by atoms with Crippen LogP contribution in [0.1, 0.15) is 66.9 Å². The van der Waals surface area contributed by atoms with Crippen molar-refractivity contribution in [3.05, 3.63) is 41.0 Å². The maximum absolute atomic E-state index is 12.8. The van der Waals surface area contributed by atoms with Crippen LogP contribution < -0.4 is 9.64 Å². The van der Waals surface area contributed by atoms with Crippen molar-refractivity contribution in [2.75, 3.05) is 51.4 Å². The molecule has 4 rings (SSSR count). The molecule has 0 saturated carbocycles. The number of hydrogen-bond acceptors (Lipinski definition) is 8. The van der Waals surface area contributed by atoms with E-state index in [9.17, 15) is 4.79 Å². The topological polar surface area (TPSA) is 90.7 Å². The van der Waals surface area contributed by atoms with Crippen LogP contribution in [0.15, 0.2) is 30.5 Å². The lowest BCUT2D eigenvalue weighted by atomic mass is 10.1. The maximum Gasteiger partial charge on any atom is 0.410 e. The average molecular weight is 674 g/mol. The number of morpholine rings is 1. The van der Waals surface area contributed by atoms with Gasteiger partial charge in [-0.15, -0.1) is 0 Å². The van der Waals surface area contributed by atoms with Gasteiger partial charge in [-0.05, 0) is 63.0 Å². The van der Waals surface area contributed by atoms with E-state index in [0.717, 1.165) is 41.4 Å². The smallest absolute Gasteiger partial charge is 0.410 e. The molecule has 10 nitrogen and oxygen atoms in total. The summed E-state index contributed by atoms with van der Waals surface area (Å²) in [5.74, 6) is 1.82. The van der Waals surface area contributed by atoms with Crippen LogP contribution in [-0.4, -0.2) is 92.1 Å². The molecule has 0 N–H and O–H groups in total. The fourth-order valence-corrected chi connectivity index (χ4v) is 6.51. The Labute approximate surface area is 280 Å². The summed E-state index contributed by atoms with van der Waals surface area (Å²) in [6.45, 7) is 24.2. The second-order valence-corrected chi connectivity index (χ2v) is 20.1. The van der Waals surface area contributed by atoms with Crippen LogP contribution in [0.5, 0.6) is 5.75 Å². The molecule has 0 spiro atoms. The van der Waals surface area contributed by atoms with E-state index in [1.807, 2.05) is 43.6 Å². The minimum atomic E-state index is -2.20. The van der Waals surface area contributed by atoms with Gasteiger partial charge in [0, 0.05) is 42.4 Å². The summed E-state index contributed by atoms with van der Waals surface area (Å²) >= 11 is 6.69. The molecule has 0 radical (unpaired) electrons. The van der Waals surface area contributed by atoms with E-state index in [4.69, 9.17) is 40.3 Å². The fourth-order valence-electron chi connectivity index (χ4n) is 4.96. The van der Waals surface area contributed by atoms with Crippen molar-refractivity contribution < 1.29 is 23.4 Å². The third kappa shape index (κ3) is 8.93. The molecule has 3 heterocycles. The van der Waals surface area contributed by atoms with E-state index >= 15 is 0 Å². The Kier molecular flexibility index (Phi) is 11.0. The lowest BCUT2D eigenvalue weighted by Gasteiger charge is -2.40. The lowest BCUT2D eigenvalue weighted by molar-refractivity contribution is 0.0172. The first-order valence-electron chi connectivity index (χ1n) is 16.1. The Morgan fingerprint density at radius 1 is 1.09 bits per heavy atom. The number of hydrogen-bond donors (Lipinski definition) is 0. The van der Waals surface area contributed by atoms with E-state index in [2.05, 4.69) is 58.7 Å². The minimum Gasteiger partial charge on any atom is -0.491 e. The quantitative estimate of drug-likeness (QED) is 0.203. The Hall–Kier alpha value is -2.86. The Bertz CT molecular complexity index is 1510. The summed E-state index contributed by atoms with van der Waals surface area (Å²) < 4.78 is 26.3. The molecule has 1 amide bonds. The first kappa shape index (κ1) is 36.0. The highest BCUT2D eigenvalue weighted by atomic mass is 35.5. The minimum absolute atomic E-state index is 0.0238. The number of likely N-dealkylation sites (N-methyl/N-ethyl adjacent to an activating group) is 1. The second kappa shape index (κ2) is 14.1. The second-order valence-electron chi connectivity index (χ2n) is 14.9. The van der Waals surface area contributed by atoms with Gasteiger partial charge < -0.3 is 28.4 Å². The molecule has 1 aromatic carbocycles. The number of benzene rings is 1. The zero-order chi connectivity index (χ0) is 34.0. The number of aromatic nitrogens is 3. The first-order chi connectivity index (χ1) is 21.3. The molecule has 2 aromatic heterocycles. The van der Waals surface area contributed by atoms with Crippen LogP contribution in [0.2, 0.25) is 23.2 Å². The number of amides is 1. The normalized spacial score (nSPS) is 15.4. The predicted octanol–water partition coefficient (Wildman–Crippen LogP) is 7.65.